The summed E-state index contributed by atoms with van der Waals surface area (Å²) < 4.78 is 1.67. The summed E-state index contributed by atoms with van der Waals surface area (Å²) in [6.07, 6.45) is 1.71. The Labute approximate surface area is 97.5 Å². The molecule has 0 aliphatic carbocycles. The van der Waals surface area contributed by atoms with Gasteiger partial charge in [0.1, 0.15) is 10.7 Å². The summed E-state index contributed by atoms with van der Waals surface area (Å²) in [5.41, 5.74) is 0.454. The Kier molecular flexibility index (Phi) is 2.39. The molecule has 16 heavy (non-hydrogen) atoms. The zero-order chi connectivity index (χ0) is 11.9. The molecule has 0 spiro atoms. The number of fused-ring (bicyclic) bond motifs is 1. The normalized spacial score (nSPS) is 11.9. The van der Waals surface area contributed by atoms with Crippen molar-refractivity contribution in [2.24, 2.45) is 0 Å². The highest BCUT2D eigenvalue weighted by Crippen LogP contribution is 2.24. The summed E-state index contributed by atoms with van der Waals surface area (Å²) in [6, 6.07) is 5.18. The molecule has 2 heterocycles. The Morgan fingerprint density at radius 1 is 1.44 bits per heavy atom. The summed E-state index contributed by atoms with van der Waals surface area (Å²) in [4.78, 5) is 15.3. The van der Waals surface area contributed by atoms with Gasteiger partial charge in [-0.15, -0.1) is 0 Å². The van der Waals surface area contributed by atoms with Gasteiger partial charge in [0, 0.05) is 6.20 Å². The van der Waals surface area contributed by atoms with Crippen LogP contribution in [0.2, 0.25) is 5.15 Å². The van der Waals surface area contributed by atoms with Crippen LogP contribution >= 0.6 is 11.6 Å². The lowest BCUT2D eigenvalue weighted by Crippen LogP contribution is -2.34. The molecule has 1 N–H and O–H groups in total. The zero-order valence-corrected chi connectivity index (χ0v) is 9.69. The number of carbonyl (C=O) groups is 1. The Bertz CT molecular complexity index is 560. The standard InChI is InChI=1S/C11H11ClN2O2/c1-11(2,10(15)16)14-6-5-7-8(14)3-4-9(12)13-7/h3-6H,1-2H3,(H,15,16). The lowest BCUT2D eigenvalue weighted by molar-refractivity contribution is -0.145. The molecule has 0 unspecified atom stereocenters. The van der Waals surface area contributed by atoms with Gasteiger partial charge in [-0.25, -0.2) is 9.78 Å². The molecule has 0 amide bonds. The van der Waals surface area contributed by atoms with Gasteiger partial charge in [0.2, 0.25) is 0 Å². The van der Waals surface area contributed by atoms with Gasteiger partial charge in [0.15, 0.2) is 0 Å². The first-order valence-electron chi connectivity index (χ1n) is 4.80. The number of hydrogen-bond donors (Lipinski definition) is 1. The predicted octanol–water partition coefficient (Wildman–Crippen LogP) is 2.51. The van der Waals surface area contributed by atoms with Crippen LogP contribution < -0.4 is 0 Å². The third-order valence-electron chi connectivity index (χ3n) is 2.64. The highest BCUT2D eigenvalue weighted by Gasteiger charge is 2.30. The van der Waals surface area contributed by atoms with Gasteiger partial charge in [-0.05, 0) is 32.0 Å². The Morgan fingerprint density at radius 2 is 2.12 bits per heavy atom. The fraction of sp³-hybridized carbons (Fsp3) is 0.273. The van der Waals surface area contributed by atoms with E-state index in [0.29, 0.717) is 10.7 Å². The summed E-state index contributed by atoms with van der Waals surface area (Å²) in [7, 11) is 0. The highest BCUT2D eigenvalue weighted by molar-refractivity contribution is 6.29. The van der Waals surface area contributed by atoms with Crippen molar-refractivity contribution in [2.45, 2.75) is 19.4 Å². The predicted molar refractivity (Wildman–Crippen MR) is 61.7 cm³/mol. The van der Waals surface area contributed by atoms with E-state index in [0.717, 1.165) is 5.52 Å². The van der Waals surface area contributed by atoms with Gasteiger partial charge in [0.05, 0.1) is 11.0 Å². The average molecular weight is 239 g/mol. The van der Waals surface area contributed by atoms with E-state index in [1.54, 1.807) is 42.8 Å². The Hall–Kier alpha value is -1.55. The molecule has 2 rings (SSSR count). The van der Waals surface area contributed by atoms with E-state index in [1.807, 2.05) is 0 Å². The number of aliphatic carboxylic acids is 1. The fourth-order valence-corrected chi connectivity index (χ4v) is 1.74. The lowest BCUT2D eigenvalue weighted by atomic mass is 10.1. The van der Waals surface area contributed by atoms with Crippen molar-refractivity contribution in [1.29, 1.82) is 0 Å². The minimum Gasteiger partial charge on any atom is -0.480 e. The van der Waals surface area contributed by atoms with E-state index in [2.05, 4.69) is 4.98 Å². The fourth-order valence-electron chi connectivity index (χ4n) is 1.58. The number of rotatable bonds is 2. The molecule has 0 aromatic carbocycles. The van der Waals surface area contributed by atoms with Gasteiger partial charge in [-0.1, -0.05) is 11.6 Å². The molecule has 2 aromatic rings. The SMILES string of the molecule is CC(C)(C(=O)O)n1ccc2nc(Cl)ccc21. The van der Waals surface area contributed by atoms with E-state index in [-0.39, 0.29) is 0 Å². The molecule has 5 heteroatoms. The third kappa shape index (κ3) is 1.55. The second-order valence-electron chi connectivity index (χ2n) is 4.09. The lowest BCUT2D eigenvalue weighted by Gasteiger charge is -2.22. The quantitative estimate of drug-likeness (QED) is 0.818. The molecule has 84 valence electrons. The maximum absolute atomic E-state index is 11.2. The zero-order valence-electron chi connectivity index (χ0n) is 8.94. The average Bonchev–Trinajstić information content (AvgIpc) is 2.60. The van der Waals surface area contributed by atoms with E-state index in [1.165, 1.54) is 0 Å². The van der Waals surface area contributed by atoms with Crippen molar-refractivity contribution < 1.29 is 9.90 Å². The van der Waals surface area contributed by atoms with Crippen molar-refractivity contribution in [3.05, 3.63) is 29.5 Å². The van der Waals surface area contributed by atoms with E-state index < -0.39 is 11.5 Å². The summed E-state index contributed by atoms with van der Waals surface area (Å²) in [5, 5.41) is 9.56. The van der Waals surface area contributed by atoms with Crippen molar-refractivity contribution >= 4 is 28.6 Å². The number of hydrogen-bond acceptors (Lipinski definition) is 2. The van der Waals surface area contributed by atoms with E-state index >= 15 is 0 Å². The molecule has 0 bridgehead atoms. The smallest absolute Gasteiger partial charge is 0.329 e. The second-order valence-corrected chi connectivity index (χ2v) is 4.48. The van der Waals surface area contributed by atoms with Crippen LogP contribution in [-0.4, -0.2) is 20.6 Å². The molecule has 0 aliphatic rings. The summed E-state index contributed by atoms with van der Waals surface area (Å²) in [6.45, 7) is 3.28. The summed E-state index contributed by atoms with van der Waals surface area (Å²) in [5.74, 6) is -0.889. The van der Waals surface area contributed by atoms with Gasteiger partial charge in [0.25, 0.3) is 0 Å². The molecule has 0 saturated carbocycles. The van der Waals surface area contributed by atoms with Gasteiger partial charge >= 0.3 is 5.97 Å². The maximum Gasteiger partial charge on any atom is 0.329 e. The van der Waals surface area contributed by atoms with Crippen LogP contribution in [0.25, 0.3) is 11.0 Å². The molecule has 4 nitrogen and oxygen atoms in total. The molecule has 0 atom stereocenters. The number of nitrogens with zero attached hydrogens (tertiary/aromatic N) is 2. The summed E-state index contributed by atoms with van der Waals surface area (Å²) >= 11 is 5.77. The first-order valence-corrected chi connectivity index (χ1v) is 5.18. The van der Waals surface area contributed by atoms with Crippen LogP contribution in [0, 0.1) is 0 Å². The molecule has 0 fully saturated rings. The van der Waals surface area contributed by atoms with Gasteiger partial charge < -0.3 is 9.67 Å². The number of pyridine rings is 1. The Balaban J connectivity index is 2.67. The van der Waals surface area contributed by atoms with E-state index in [9.17, 15) is 4.79 Å². The Morgan fingerprint density at radius 3 is 2.75 bits per heavy atom. The minimum atomic E-state index is -1.00. The first-order chi connectivity index (χ1) is 7.43. The number of carboxylic acids is 1. The number of halogens is 1. The third-order valence-corrected chi connectivity index (χ3v) is 2.85. The van der Waals surface area contributed by atoms with Gasteiger partial charge in [-0.3, -0.25) is 0 Å². The molecular weight excluding hydrogens is 228 g/mol. The molecule has 0 saturated heterocycles. The van der Waals surface area contributed by atoms with Crippen molar-refractivity contribution in [3.8, 4) is 0 Å². The maximum atomic E-state index is 11.2. The first kappa shape index (κ1) is 11.0. The monoisotopic (exact) mass is 238 g/mol. The van der Waals surface area contributed by atoms with Crippen molar-refractivity contribution in [3.63, 3.8) is 0 Å². The topological polar surface area (TPSA) is 55.1 Å². The van der Waals surface area contributed by atoms with Crippen LogP contribution in [0.4, 0.5) is 0 Å². The van der Waals surface area contributed by atoms with Crippen LogP contribution in [0.5, 0.6) is 0 Å². The second kappa shape index (κ2) is 3.49. The van der Waals surface area contributed by atoms with Crippen LogP contribution in [0.1, 0.15) is 13.8 Å². The number of aromatic nitrogens is 2. The largest absolute Gasteiger partial charge is 0.480 e. The van der Waals surface area contributed by atoms with Crippen molar-refractivity contribution in [2.75, 3.05) is 0 Å². The van der Waals surface area contributed by atoms with Crippen LogP contribution in [0.15, 0.2) is 24.4 Å². The van der Waals surface area contributed by atoms with Crippen LogP contribution in [0.3, 0.4) is 0 Å². The van der Waals surface area contributed by atoms with Crippen LogP contribution in [-0.2, 0) is 10.3 Å². The van der Waals surface area contributed by atoms with Crippen molar-refractivity contribution in [1.82, 2.24) is 9.55 Å². The molecular formula is C11H11ClN2O2. The molecule has 0 radical (unpaired) electrons. The van der Waals surface area contributed by atoms with Gasteiger partial charge in [-0.2, -0.15) is 0 Å². The number of carboxylic acid groups (broad SMARTS) is 1. The highest BCUT2D eigenvalue weighted by atomic mass is 35.5. The molecule has 0 aliphatic heterocycles. The molecule has 2 aromatic heterocycles. The minimum absolute atomic E-state index is 0.401. The van der Waals surface area contributed by atoms with E-state index in [4.69, 9.17) is 16.7 Å².